The lowest BCUT2D eigenvalue weighted by Crippen LogP contribution is -2.49. The van der Waals surface area contributed by atoms with Gasteiger partial charge in [0.25, 0.3) is 0 Å². The molecule has 300 valence electrons. The van der Waals surface area contributed by atoms with Gasteiger partial charge in [-0.2, -0.15) is 0 Å². The molecule has 3 heterocycles. The lowest BCUT2D eigenvalue weighted by atomic mass is 9.82. The van der Waals surface area contributed by atoms with E-state index >= 15 is 0 Å². The average molecular weight is 767 g/mol. The van der Waals surface area contributed by atoms with Crippen molar-refractivity contribution in [3.8, 4) is 0 Å². The summed E-state index contributed by atoms with van der Waals surface area (Å²) in [6.45, 7) is 34.1. The molecule has 10 atom stereocenters. The highest BCUT2D eigenvalue weighted by Gasteiger charge is 2.50. The zero-order chi connectivity index (χ0) is 39.2. The first-order valence-electron chi connectivity index (χ1n) is 19.7. The normalized spacial score (nSPS) is 31.2. The van der Waals surface area contributed by atoms with Crippen molar-refractivity contribution in [2.24, 2.45) is 11.8 Å². The van der Waals surface area contributed by atoms with Gasteiger partial charge in [0.1, 0.15) is 6.29 Å². The third-order valence-corrected chi connectivity index (χ3v) is 21.9. The van der Waals surface area contributed by atoms with Gasteiger partial charge in [0.2, 0.25) is 0 Å². The summed E-state index contributed by atoms with van der Waals surface area (Å²) < 4.78 is 45.2. The second-order valence-electron chi connectivity index (χ2n) is 18.8. The molecule has 9 nitrogen and oxygen atoms in total. The minimum Gasteiger partial charge on any atom is -0.469 e. The largest absolute Gasteiger partial charge is 0.469 e. The highest BCUT2D eigenvalue weighted by molar-refractivity contribution is 6.74. The molecule has 0 N–H and O–H groups in total. The van der Waals surface area contributed by atoms with E-state index in [1.807, 2.05) is 0 Å². The number of carbonyl (C=O) groups excluding carboxylic acids is 2. The van der Waals surface area contributed by atoms with Gasteiger partial charge in [0, 0.05) is 32.3 Å². The predicted octanol–water partition coefficient (Wildman–Crippen LogP) is 8.96. The molecule has 3 fully saturated rings. The second-order valence-corrected chi connectivity index (χ2v) is 28.4. The minimum atomic E-state index is -2.17. The molecule has 0 saturated carbocycles. The summed E-state index contributed by atoms with van der Waals surface area (Å²) in [6, 6.07) is 0. The molecule has 0 aliphatic carbocycles. The summed E-state index contributed by atoms with van der Waals surface area (Å²) in [5.74, 6) is -0.224. The van der Waals surface area contributed by atoms with Crippen LogP contribution in [0.2, 0.25) is 36.3 Å². The first-order valence-corrected chi connectivity index (χ1v) is 25.5. The van der Waals surface area contributed by atoms with Crippen molar-refractivity contribution in [3.05, 3.63) is 24.3 Å². The van der Waals surface area contributed by atoms with E-state index in [1.165, 1.54) is 7.11 Å². The number of esters is 1. The molecule has 0 spiro atoms. The standard InChI is InChI=1S/C41H74O9Si2/c1-27-21-31(18-19-34-28(2)22-30(47-34)17-16-20-42)48-35(29(27)3)25-36-33(24-38(43)44-10)39(45-11)37(49-36)23-32(50-52(14,15)41(7,8)9)26-46-51(12,13)40(4,5)6/h20,27,30-37,39H,2-3,16-19,21-26H2,1,4-15H3/t27?,30?,31?,32?,33?,34?,35?,36?,37?,39-/m1/s1. The van der Waals surface area contributed by atoms with E-state index in [4.69, 9.17) is 32.5 Å². The van der Waals surface area contributed by atoms with Crippen LogP contribution in [0.1, 0.15) is 106 Å². The van der Waals surface area contributed by atoms with Crippen molar-refractivity contribution in [3.63, 3.8) is 0 Å². The zero-order valence-corrected chi connectivity index (χ0v) is 37.0. The molecular weight excluding hydrogens is 693 g/mol. The molecule has 3 rings (SSSR count). The quantitative estimate of drug-likeness (QED) is 0.0586. The summed E-state index contributed by atoms with van der Waals surface area (Å²) in [4.78, 5) is 23.7. The third-order valence-electron chi connectivity index (χ3n) is 12.8. The van der Waals surface area contributed by atoms with Gasteiger partial charge >= 0.3 is 5.97 Å². The number of ether oxygens (including phenoxy) is 5. The van der Waals surface area contributed by atoms with E-state index in [1.54, 1.807) is 7.11 Å². The van der Waals surface area contributed by atoms with Gasteiger partial charge in [-0.15, -0.1) is 0 Å². The van der Waals surface area contributed by atoms with Crippen LogP contribution in [0, 0.1) is 11.8 Å². The summed E-state index contributed by atoms with van der Waals surface area (Å²) in [5.41, 5.74) is 2.17. The van der Waals surface area contributed by atoms with E-state index in [9.17, 15) is 9.59 Å². The first kappa shape index (κ1) is 45.2. The molecule has 0 radical (unpaired) electrons. The molecule has 3 aliphatic heterocycles. The van der Waals surface area contributed by atoms with Gasteiger partial charge < -0.3 is 37.3 Å². The molecule has 0 bridgehead atoms. The second kappa shape index (κ2) is 18.6. The SMILES string of the molecule is C=C1CC(CCC=O)OC1CCC1CC(C)C(=C)C(CC2OC(CC(CO[Si](C)(C)C(C)(C)C)O[Si](C)(C)C(C)(C)C)[C@H](OC)C2CC(=O)OC)O1. The van der Waals surface area contributed by atoms with E-state index in [0.717, 1.165) is 49.5 Å². The van der Waals surface area contributed by atoms with Crippen molar-refractivity contribution in [1.29, 1.82) is 0 Å². The molecular formula is C41H74O9Si2. The summed E-state index contributed by atoms with van der Waals surface area (Å²) in [5, 5.41) is 0.0929. The topological polar surface area (TPSA) is 98.8 Å². The maximum Gasteiger partial charge on any atom is 0.305 e. The van der Waals surface area contributed by atoms with Crippen LogP contribution in [0.15, 0.2) is 24.3 Å². The van der Waals surface area contributed by atoms with E-state index in [2.05, 4.69) is 87.8 Å². The van der Waals surface area contributed by atoms with E-state index in [-0.39, 0.29) is 83.1 Å². The minimum absolute atomic E-state index is 0.00735. The lowest BCUT2D eigenvalue weighted by molar-refractivity contribution is -0.143. The van der Waals surface area contributed by atoms with Crippen LogP contribution in [0.25, 0.3) is 0 Å². The highest BCUT2D eigenvalue weighted by atomic mass is 28.4. The Hall–Kier alpha value is -1.19. The number of methoxy groups -OCH3 is 2. The van der Waals surface area contributed by atoms with Gasteiger partial charge in [0.05, 0.1) is 69.0 Å². The Bertz CT molecular complexity index is 1210. The van der Waals surface area contributed by atoms with Gasteiger partial charge in [-0.1, -0.05) is 61.6 Å². The fourth-order valence-electron chi connectivity index (χ4n) is 7.36. The summed E-state index contributed by atoms with van der Waals surface area (Å²) >= 11 is 0. The van der Waals surface area contributed by atoms with Crippen molar-refractivity contribution in [1.82, 2.24) is 0 Å². The number of aldehydes is 1. The molecule has 52 heavy (non-hydrogen) atoms. The monoisotopic (exact) mass is 766 g/mol. The lowest BCUT2D eigenvalue weighted by Gasteiger charge is -2.42. The molecule has 11 heteroatoms. The van der Waals surface area contributed by atoms with Gasteiger partial charge in [-0.25, -0.2) is 0 Å². The Morgan fingerprint density at radius 2 is 1.54 bits per heavy atom. The van der Waals surface area contributed by atoms with Crippen LogP contribution in [-0.2, 0) is 42.1 Å². The predicted molar refractivity (Wildman–Crippen MR) is 213 cm³/mol. The molecule has 3 aliphatic rings. The van der Waals surface area contributed by atoms with Crippen LogP contribution in [-0.4, -0.2) is 98.5 Å². The Labute approximate surface area is 318 Å². The van der Waals surface area contributed by atoms with Gasteiger partial charge in [-0.05, 0) is 85.4 Å². The number of hydrogen-bond donors (Lipinski definition) is 0. The Balaban J connectivity index is 1.80. The average Bonchev–Trinajstić information content (AvgIpc) is 3.56. The van der Waals surface area contributed by atoms with Crippen molar-refractivity contribution < 1.29 is 42.1 Å². The van der Waals surface area contributed by atoms with Crippen LogP contribution >= 0.6 is 0 Å². The smallest absolute Gasteiger partial charge is 0.305 e. The van der Waals surface area contributed by atoms with Gasteiger partial charge in [0.15, 0.2) is 16.6 Å². The van der Waals surface area contributed by atoms with E-state index in [0.29, 0.717) is 25.9 Å². The highest BCUT2D eigenvalue weighted by Crippen LogP contribution is 2.44. The van der Waals surface area contributed by atoms with Crippen LogP contribution in [0.4, 0.5) is 0 Å². The fraction of sp³-hybridized carbons (Fsp3) is 0.854. The Kier molecular flexibility index (Phi) is 16.2. The number of hydrogen-bond acceptors (Lipinski definition) is 9. The summed E-state index contributed by atoms with van der Waals surface area (Å²) in [7, 11) is -1.08. The molecule has 3 saturated heterocycles. The fourth-order valence-corrected chi connectivity index (χ4v) is 9.74. The maximum absolute atomic E-state index is 12.8. The molecule has 0 aromatic carbocycles. The molecule has 9 unspecified atom stereocenters. The van der Waals surface area contributed by atoms with E-state index < -0.39 is 16.6 Å². The number of rotatable bonds is 18. The van der Waals surface area contributed by atoms with Crippen molar-refractivity contribution in [2.75, 3.05) is 20.8 Å². The van der Waals surface area contributed by atoms with Crippen molar-refractivity contribution in [2.45, 2.75) is 191 Å². The summed E-state index contributed by atoms with van der Waals surface area (Å²) in [6.07, 6.45) is 5.72. The molecule has 0 aromatic rings. The van der Waals surface area contributed by atoms with Crippen LogP contribution in [0.5, 0.6) is 0 Å². The van der Waals surface area contributed by atoms with Gasteiger partial charge in [-0.3, -0.25) is 4.79 Å². The first-order chi connectivity index (χ1) is 24.0. The molecule has 0 aromatic heterocycles. The van der Waals surface area contributed by atoms with Crippen LogP contribution in [0.3, 0.4) is 0 Å². The van der Waals surface area contributed by atoms with Crippen molar-refractivity contribution >= 4 is 28.9 Å². The third kappa shape index (κ3) is 11.9. The number of carbonyl (C=O) groups is 2. The maximum atomic E-state index is 12.8. The van der Waals surface area contributed by atoms with Crippen LogP contribution < -0.4 is 0 Å². The Morgan fingerprint density at radius 3 is 2.12 bits per heavy atom. The zero-order valence-electron chi connectivity index (χ0n) is 35.0. The Morgan fingerprint density at radius 1 is 0.904 bits per heavy atom. The molecule has 0 amide bonds.